The molecule has 0 aliphatic carbocycles. The molecule has 2 N–H and O–H groups in total. The molecule has 0 aliphatic rings. The van der Waals surface area contributed by atoms with Gasteiger partial charge in [-0.15, -0.1) is 0 Å². The fraction of sp³-hybridized carbons (Fsp3) is 0.0870. The van der Waals surface area contributed by atoms with Crippen LogP contribution in [0.25, 0.3) is 0 Å². The number of benzene rings is 3. The van der Waals surface area contributed by atoms with E-state index in [4.69, 9.17) is 9.57 Å². The number of amides is 2. The number of carbonyl (C=O) groups is 2. The zero-order valence-corrected chi connectivity index (χ0v) is 16.4. The first-order chi connectivity index (χ1) is 14.7. The molecule has 30 heavy (non-hydrogen) atoms. The van der Waals surface area contributed by atoms with Crippen LogP contribution in [0.4, 0.5) is 11.4 Å². The number of methoxy groups -OCH3 is 1. The Morgan fingerprint density at radius 3 is 2.33 bits per heavy atom. The van der Waals surface area contributed by atoms with E-state index in [1.807, 2.05) is 42.5 Å². The average Bonchev–Trinajstić information content (AvgIpc) is 2.78. The molecule has 7 nitrogen and oxygen atoms in total. The van der Waals surface area contributed by atoms with Crippen molar-refractivity contribution in [3.63, 3.8) is 0 Å². The van der Waals surface area contributed by atoms with Gasteiger partial charge in [0.2, 0.25) is 0 Å². The standard InChI is InChI=1S/C23H21N3O4/c1-29-21-10-6-5-9-20(21)26-23(28)18-11-13-19(14-12-18)25-22(27)16-30-24-15-17-7-3-2-4-8-17/h2-15H,16H2,1H3,(H,25,27)(H,26,28)/b24-15-. The normalized spacial score (nSPS) is 10.4. The van der Waals surface area contributed by atoms with E-state index in [1.54, 1.807) is 43.5 Å². The molecule has 0 saturated carbocycles. The van der Waals surface area contributed by atoms with Gasteiger partial charge in [-0.3, -0.25) is 9.59 Å². The summed E-state index contributed by atoms with van der Waals surface area (Å²) in [5.41, 5.74) is 2.45. The molecule has 0 bridgehead atoms. The lowest BCUT2D eigenvalue weighted by Gasteiger charge is -2.10. The number of ether oxygens (including phenoxy) is 1. The van der Waals surface area contributed by atoms with Crippen LogP contribution in [0.1, 0.15) is 15.9 Å². The van der Waals surface area contributed by atoms with Crippen molar-refractivity contribution >= 4 is 29.4 Å². The Kier molecular flexibility index (Phi) is 7.16. The SMILES string of the molecule is COc1ccccc1NC(=O)c1ccc(NC(=O)CO/N=C\c2ccccc2)cc1. The molecular weight excluding hydrogens is 382 g/mol. The van der Waals surface area contributed by atoms with E-state index in [0.717, 1.165) is 5.56 Å². The Morgan fingerprint density at radius 1 is 0.900 bits per heavy atom. The second kappa shape index (κ2) is 10.4. The van der Waals surface area contributed by atoms with Gasteiger partial charge >= 0.3 is 0 Å². The fourth-order valence-corrected chi connectivity index (χ4v) is 2.58. The number of oxime groups is 1. The number of hydrogen-bond acceptors (Lipinski definition) is 5. The monoisotopic (exact) mass is 403 g/mol. The van der Waals surface area contributed by atoms with E-state index in [9.17, 15) is 9.59 Å². The third-order valence-corrected chi connectivity index (χ3v) is 4.06. The first-order valence-corrected chi connectivity index (χ1v) is 9.20. The molecule has 7 heteroatoms. The van der Waals surface area contributed by atoms with Gasteiger partial charge in [0.25, 0.3) is 11.8 Å². The molecule has 0 heterocycles. The van der Waals surface area contributed by atoms with Crippen LogP contribution in [0.15, 0.2) is 84.0 Å². The zero-order valence-electron chi connectivity index (χ0n) is 16.4. The maximum Gasteiger partial charge on any atom is 0.265 e. The summed E-state index contributed by atoms with van der Waals surface area (Å²) in [7, 11) is 1.54. The van der Waals surface area contributed by atoms with Crippen LogP contribution in [0.2, 0.25) is 0 Å². The van der Waals surface area contributed by atoms with Crippen LogP contribution in [-0.4, -0.2) is 31.7 Å². The van der Waals surface area contributed by atoms with E-state index >= 15 is 0 Å². The third-order valence-electron chi connectivity index (χ3n) is 4.06. The van der Waals surface area contributed by atoms with Crippen LogP contribution in [0.3, 0.4) is 0 Å². The molecule has 3 aromatic carbocycles. The van der Waals surface area contributed by atoms with E-state index < -0.39 is 0 Å². The highest BCUT2D eigenvalue weighted by Gasteiger charge is 2.10. The average molecular weight is 403 g/mol. The van der Waals surface area contributed by atoms with Crippen LogP contribution in [0.5, 0.6) is 5.75 Å². The molecule has 0 aromatic heterocycles. The summed E-state index contributed by atoms with van der Waals surface area (Å²) in [5.74, 6) is -0.0629. The second-order valence-corrected chi connectivity index (χ2v) is 6.20. The first-order valence-electron chi connectivity index (χ1n) is 9.20. The van der Waals surface area contributed by atoms with E-state index in [1.165, 1.54) is 6.21 Å². The van der Waals surface area contributed by atoms with Gasteiger partial charge in [-0.05, 0) is 42.0 Å². The molecule has 0 atom stereocenters. The van der Waals surface area contributed by atoms with Gasteiger partial charge in [0, 0.05) is 11.3 Å². The van der Waals surface area contributed by atoms with Crippen molar-refractivity contribution in [2.24, 2.45) is 5.16 Å². The number of nitrogens with zero attached hydrogens (tertiary/aromatic N) is 1. The molecular formula is C23H21N3O4. The summed E-state index contributed by atoms with van der Waals surface area (Å²) < 4.78 is 5.23. The molecule has 152 valence electrons. The van der Waals surface area contributed by atoms with E-state index in [-0.39, 0.29) is 18.4 Å². The maximum atomic E-state index is 12.4. The Balaban J connectivity index is 1.49. The van der Waals surface area contributed by atoms with E-state index in [2.05, 4.69) is 15.8 Å². The molecule has 0 fully saturated rings. The lowest BCUT2D eigenvalue weighted by atomic mass is 10.2. The van der Waals surface area contributed by atoms with E-state index in [0.29, 0.717) is 22.7 Å². The molecule has 0 unspecified atom stereocenters. The minimum absolute atomic E-state index is 0.223. The smallest absolute Gasteiger partial charge is 0.265 e. The lowest BCUT2D eigenvalue weighted by molar-refractivity contribution is -0.120. The lowest BCUT2D eigenvalue weighted by Crippen LogP contribution is -2.17. The Bertz CT molecular complexity index is 1020. The molecule has 0 spiro atoms. The fourth-order valence-electron chi connectivity index (χ4n) is 2.58. The van der Waals surface area contributed by atoms with Gasteiger partial charge < -0.3 is 20.2 Å². The summed E-state index contributed by atoms with van der Waals surface area (Å²) in [6.45, 7) is -0.223. The number of anilines is 2. The quantitative estimate of drug-likeness (QED) is 0.440. The van der Waals surface area contributed by atoms with Crippen LogP contribution >= 0.6 is 0 Å². The number of para-hydroxylation sites is 2. The van der Waals surface area contributed by atoms with Crippen molar-refractivity contribution in [3.05, 3.63) is 90.0 Å². The summed E-state index contributed by atoms with van der Waals surface area (Å²) in [6.07, 6.45) is 1.53. The Labute approximate surface area is 174 Å². The van der Waals surface area contributed by atoms with Gasteiger partial charge in [0.15, 0.2) is 6.61 Å². The van der Waals surface area contributed by atoms with Crippen molar-refractivity contribution < 1.29 is 19.2 Å². The van der Waals surface area contributed by atoms with Crippen molar-refractivity contribution in [2.75, 3.05) is 24.4 Å². The summed E-state index contributed by atoms with van der Waals surface area (Å²) in [5, 5.41) is 9.25. The number of carbonyl (C=O) groups excluding carboxylic acids is 2. The van der Waals surface area contributed by atoms with Crippen molar-refractivity contribution in [1.29, 1.82) is 0 Å². The van der Waals surface area contributed by atoms with Crippen molar-refractivity contribution in [1.82, 2.24) is 0 Å². The zero-order chi connectivity index (χ0) is 21.2. The molecule has 2 amide bonds. The molecule has 0 aliphatic heterocycles. The minimum Gasteiger partial charge on any atom is -0.495 e. The Morgan fingerprint density at radius 2 is 1.60 bits per heavy atom. The number of hydrogen-bond donors (Lipinski definition) is 2. The van der Waals surface area contributed by atoms with Crippen LogP contribution in [0, 0.1) is 0 Å². The molecule has 3 rings (SSSR count). The van der Waals surface area contributed by atoms with Gasteiger partial charge in [0.1, 0.15) is 5.75 Å². The largest absolute Gasteiger partial charge is 0.495 e. The predicted molar refractivity (Wildman–Crippen MR) is 116 cm³/mol. The molecule has 0 saturated heterocycles. The highest BCUT2D eigenvalue weighted by Crippen LogP contribution is 2.23. The number of nitrogens with one attached hydrogen (secondary N) is 2. The van der Waals surface area contributed by atoms with Gasteiger partial charge in [-0.25, -0.2) is 0 Å². The van der Waals surface area contributed by atoms with Gasteiger partial charge in [0.05, 0.1) is 19.0 Å². The number of rotatable bonds is 8. The van der Waals surface area contributed by atoms with Crippen molar-refractivity contribution in [3.8, 4) is 5.75 Å². The predicted octanol–water partition coefficient (Wildman–Crippen LogP) is 3.94. The molecule has 3 aromatic rings. The maximum absolute atomic E-state index is 12.4. The first kappa shape index (κ1) is 20.6. The van der Waals surface area contributed by atoms with Crippen LogP contribution < -0.4 is 15.4 Å². The minimum atomic E-state index is -0.355. The topological polar surface area (TPSA) is 89.0 Å². The highest BCUT2D eigenvalue weighted by atomic mass is 16.6. The third kappa shape index (κ3) is 5.93. The van der Waals surface area contributed by atoms with Crippen LogP contribution in [-0.2, 0) is 9.63 Å². The van der Waals surface area contributed by atoms with Gasteiger partial charge in [-0.1, -0.05) is 47.6 Å². The second-order valence-electron chi connectivity index (χ2n) is 6.20. The summed E-state index contributed by atoms with van der Waals surface area (Å²) in [6, 6.07) is 23.1. The highest BCUT2D eigenvalue weighted by molar-refractivity contribution is 6.05. The molecule has 0 radical (unpaired) electrons. The summed E-state index contributed by atoms with van der Waals surface area (Å²) in [4.78, 5) is 29.4. The van der Waals surface area contributed by atoms with Gasteiger partial charge in [-0.2, -0.15) is 0 Å². The summed E-state index contributed by atoms with van der Waals surface area (Å²) >= 11 is 0. The van der Waals surface area contributed by atoms with Crippen molar-refractivity contribution in [2.45, 2.75) is 0 Å². The Hall–Kier alpha value is -4.13.